The van der Waals surface area contributed by atoms with Gasteiger partial charge in [0.25, 0.3) is 0 Å². The Bertz CT molecular complexity index is 1830. The summed E-state index contributed by atoms with van der Waals surface area (Å²) < 4.78 is 28.2. The van der Waals surface area contributed by atoms with Gasteiger partial charge in [0.15, 0.2) is 0 Å². The van der Waals surface area contributed by atoms with Gasteiger partial charge in [0, 0.05) is 42.6 Å². The molecule has 0 spiro atoms. The van der Waals surface area contributed by atoms with E-state index < -0.39 is 15.9 Å². The minimum Gasteiger partial charge on any atom is -0.330 e. The van der Waals surface area contributed by atoms with Crippen LogP contribution < -0.4 is 11.1 Å². The number of sulfonamides is 1. The van der Waals surface area contributed by atoms with Crippen molar-refractivity contribution in [2.75, 3.05) is 25.0 Å². The molecular formula is C36H43N7O4S. The Kier molecular flexibility index (Phi) is 10.4. The van der Waals surface area contributed by atoms with Gasteiger partial charge in [-0.25, -0.2) is 8.42 Å². The first-order valence-corrected chi connectivity index (χ1v) is 18.2. The molecule has 2 heterocycles. The molecule has 1 amide bonds. The summed E-state index contributed by atoms with van der Waals surface area (Å²) >= 11 is 0. The Morgan fingerprint density at radius 3 is 2.42 bits per heavy atom. The van der Waals surface area contributed by atoms with E-state index in [9.17, 15) is 18.0 Å². The quantitative estimate of drug-likeness (QED) is 0.187. The van der Waals surface area contributed by atoms with Crippen molar-refractivity contribution in [3.8, 4) is 22.5 Å². The van der Waals surface area contributed by atoms with Gasteiger partial charge >= 0.3 is 0 Å². The average Bonchev–Trinajstić information content (AvgIpc) is 3.85. The highest BCUT2D eigenvalue weighted by molar-refractivity contribution is 7.89. The number of hydrogen-bond donors (Lipinski definition) is 3. The molecule has 3 aromatic carbocycles. The number of tetrazole rings is 1. The molecule has 0 radical (unpaired) electrons. The Labute approximate surface area is 281 Å². The number of Topliss-reactive ketones (excluding diaryl/α,β-unsaturated/α-hetero) is 1. The molecule has 2 aliphatic rings. The van der Waals surface area contributed by atoms with Gasteiger partial charge in [-0.2, -0.15) is 9.52 Å². The van der Waals surface area contributed by atoms with E-state index in [4.69, 9.17) is 5.73 Å². The van der Waals surface area contributed by atoms with Crippen LogP contribution in [0.1, 0.15) is 56.1 Å². The van der Waals surface area contributed by atoms with Crippen LogP contribution in [0.25, 0.3) is 22.5 Å². The first-order chi connectivity index (χ1) is 23.2. The van der Waals surface area contributed by atoms with Crippen molar-refractivity contribution >= 4 is 27.4 Å². The molecule has 1 aliphatic heterocycles. The fourth-order valence-corrected chi connectivity index (χ4v) is 8.46. The second kappa shape index (κ2) is 14.9. The van der Waals surface area contributed by atoms with Gasteiger partial charge in [0.05, 0.1) is 4.90 Å². The third-order valence-corrected chi connectivity index (χ3v) is 11.7. The number of carbonyl (C=O) groups is 2. The Morgan fingerprint density at radius 1 is 0.979 bits per heavy atom. The van der Waals surface area contributed by atoms with Crippen LogP contribution in [0.2, 0.25) is 0 Å². The molecule has 1 saturated carbocycles. The van der Waals surface area contributed by atoms with E-state index in [1.165, 1.54) is 0 Å². The summed E-state index contributed by atoms with van der Waals surface area (Å²) in [6, 6.07) is 20.3. The third-order valence-electron chi connectivity index (χ3n) is 9.84. The monoisotopic (exact) mass is 669 g/mol. The van der Waals surface area contributed by atoms with Crippen LogP contribution in [0.5, 0.6) is 0 Å². The first kappa shape index (κ1) is 33.6. The van der Waals surface area contributed by atoms with Crippen molar-refractivity contribution in [3.05, 3.63) is 77.9 Å². The average molecular weight is 670 g/mol. The van der Waals surface area contributed by atoms with E-state index in [2.05, 4.69) is 25.9 Å². The minimum atomic E-state index is -3.58. The van der Waals surface area contributed by atoms with Gasteiger partial charge in [0.1, 0.15) is 5.78 Å². The van der Waals surface area contributed by atoms with Crippen molar-refractivity contribution in [1.29, 1.82) is 0 Å². The summed E-state index contributed by atoms with van der Waals surface area (Å²) in [5.74, 6) is 0.136. The lowest BCUT2D eigenvalue weighted by molar-refractivity contribution is -0.129. The smallest absolute Gasteiger partial charge is 0.243 e. The maximum atomic E-state index is 13.8. The fraction of sp³-hybridized carbons (Fsp3) is 0.417. The highest BCUT2D eigenvalue weighted by Gasteiger charge is 2.31. The molecule has 1 saturated heterocycles. The molecule has 6 rings (SSSR count). The Hall–Kier alpha value is -4.26. The number of ketones is 1. The van der Waals surface area contributed by atoms with Gasteiger partial charge < -0.3 is 11.1 Å². The number of nitrogens with two attached hydrogens (primary N) is 1. The molecule has 12 heteroatoms. The van der Waals surface area contributed by atoms with Crippen LogP contribution in [-0.4, -0.2) is 64.7 Å². The molecule has 4 N–H and O–H groups in total. The maximum Gasteiger partial charge on any atom is 0.243 e. The van der Waals surface area contributed by atoms with E-state index in [1.54, 1.807) is 40.7 Å². The number of benzene rings is 3. The van der Waals surface area contributed by atoms with Crippen molar-refractivity contribution in [2.45, 2.75) is 63.2 Å². The summed E-state index contributed by atoms with van der Waals surface area (Å²) in [6.45, 7) is 3.69. The number of aromatic nitrogens is 4. The third kappa shape index (κ3) is 7.72. The predicted molar refractivity (Wildman–Crippen MR) is 184 cm³/mol. The largest absolute Gasteiger partial charge is 0.330 e. The van der Waals surface area contributed by atoms with Gasteiger partial charge in [-0.3, -0.25) is 9.59 Å². The minimum absolute atomic E-state index is 0.0633. The first-order valence-electron chi connectivity index (χ1n) is 16.8. The maximum absolute atomic E-state index is 13.8. The summed E-state index contributed by atoms with van der Waals surface area (Å²) in [6.07, 6.45) is 5.72. The van der Waals surface area contributed by atoms with Crippen LogP contribution in [0.3, 0.4) is 0 Å². The molecule has 2 fully saturated rings. The van der Waals surface area contributed by atoms with Crippen LogP contribution in [0.15, 0.2) is 71.6 Å². The number of rotatable bonds is 12. The molecule has 252 valence electrons. The topological polar surface area (TPSA) is 164 Å². The van der Waals surface area contributed by atoms with Crippen molar-refractivity contribution in [1.82, 2.24) is 24.9 Å². The second-order valence-corrected chi connectivity index (χ2v) is 15.1. The van der Waals surface area contributed by atoms with E-state index in [0.29, 0.717) is 43.5 Å². The van der Waals surface area contributed by atoms with E-state index in [-0.39, 0.29) is 28.9 Å². The summed E-state index contributed by atoms with van der Waals surface area (Å²) in [4.78, 5) is 27.7. The number of anilines is 1. The van der Waals surface area contributed by atoms with Crippen molar-refractivity contribution in [2.24, 2.45) is 23.5 Å². The number of H-pyrrole nitrogens is 1. The molecule has 0 unspecified atom stereocenters. The SMILES string of the molecule is Cc1ccc(S(=O)(=O)N2CCCC2)cc1-c1cccc(C[C@H](CC(=O)C2CCC(CN)CC2)C(=O)Nc2ccc(-c3nn[nH]n3)cc2)c1. The van der Waals surface area contributed by atoms with Crippen molar-refractivity contribution in [3.63, 3.8) is 0 Å². The number of nitrogens with one attached hydrogen (secondary N) is 2. The van der Waals surface area contributed by atoms with Gasteiger partial charge in [-0.05, 0) is 128 Å². The lowest BCUT2D eigenvalue weighted by Gasteiger charge is -2.28. The lowest BCUT2D eigenvalue weighted by Crippen LogP contribution is -2.31. The summed E-state index contributed by atoms with van der Waals surface area (Å²) in [7, 11) is -3.58. The van der Waals surface area contributed by atoms with Crippen LogP contribution in [0.4, 0.5) is 5.69 Å². The molecule has 0 bridgehead atoms. The van der Waals surface area contributed by atoms with E-state index in [1.807, 2.05) is 37.3 Å². The lowest BCUT2D eigenvalue weighted by atomic mass is 9.77. The Balaban J connectivity index is 1.23. The molecule has 48 heavy (non-hydrogen) atoms. The molecular weight excluding hydrogens is 627 g/mol. The number of aryl methyl sites for hydroxylation is 1. The van der Waals surface area contributed by atoms with E-state index >= 15 is 0 Å². The van der Waals surface area contributed by atoms with Crippen LogP contribution in [0, 0.1) is 24.7 Å². The molecule has 4 aromatic rings. The zero-order valence-electron chi connectivity index (χ0n) is 27.3. The second-order valence-electron chi connectivity index (χ2n) is 13.1. The van der Waals surface area contributed by atoms with Crippen LogP contribution >= 0.6 is 0 Å². The normalized spacial score (nSPS) is 19.2. The summed E-state index contributed by atoms with van der Waals surface area (Å²) in [5.41, 5.74) is 10.8. The van der Waals surface area contributed by atoms with Crippen LogP contribution in [-0.2, 0) is 26.0 Å². The molecule has 1 atom stereocenters. The molecule has 1 aromatic heterocycles. The van der Waals surface area contributed by atoms with Gasteiger partial charge in [-0.15, -0.1) is 10.2 Å². The number of nitrogens with zero attached hydrogens (tertiary/aromatic N) is 4. The van der Waals surface area contributed by atoms with Gasteiger partial charge in [0.2, 0.25) is 21.8 Å². The Morgan fingerprint density at radius 2 is 1.73 bits per heavy atom. The number of amides is 1. The standard InChI is InChI=1S/C36H43N7O4S/c1-24-7-16-32(48(46,47)43-17-2-3-18-43)22-33(24)29-6-4-5-26(19-29)20-30(21-34(44)27-10-8-25(23-37)9-11-27)36(45)38-31-14-12-28(13-15-31)35-39-41-42-40-35/h4-7,12-16,19,22,25,27,30H,2-3,8-11,17-18,20-21,23,37H2,1H3,(H,38,45)(H,39,40,41,42)/t25?,27?,30-/m1/s1. The zero-order valence-corrected chi connectivity index (χ0v) is 28.1. The number of aromatic amines is 1. The highest BCUT2D eigenvalue weighted by atomic mass is 32.2. The highest BCUT2D eigenvalue weighted by Crippen LogP contribution is 2.33. The van der Waals surface area contributed by atoms with Gasteiger partial charge in [-0.1, -0.05) is 30.3 Å². The molecule has 1 aliphatic carbocycles. The summed E-state index contributed by atoms with van der Waals surface area (Å²) in [5, 5.41) is 17.0. The predicted octanol–water partition coefficient (Wildman–Crippen LogP) is 5.15. The van der Waals surface area contributed by atoms with E-state index in [0.717, 1.165) is 66.3 Å². The zero-order chi connectivity index (χ0) is 33.7. The fourth-order valence-electron chi connectivity index (χ4n) is 6.92. The molecule has 11 nitrogen and oxygen atoms in total. The number of hydrogen-bond acceptors (Lipinski definition) is 8. The number of carbonyl (C=O) groups excluding carboxylic acids is 2. The van der Waals surface area contributed by atoms with Crippen molar-refractivity contribution < 1.29 is 18.0 Å².